The Labute approximate surface area is 177 Å². The summed E-state index contributed by atoms with van der Waals surface area (Å²) in [4.78, 5) is 23.8. The summed E-state index contributed by atoms with van der Waals surface area (Å²) < 4.78 is 19.5. The van der Waals surface area contributed by atoms with Gasteiger partial charge < -0.3 is 10.1 Å². The van der Waals surface area contributed by atoms with Crippen molar-refractivity contribution in [1.29, 1.82) is 0 Å². The maximum atomic E-state index is 12.9. The lowest BCUT2D eigenvalue weighted by Crippen LogP contribution is -2.20. The van der Waals surface area contributed by atoms with E-state index in [1.165, 1.54) is 30.5 Å². The first-order valence-corrected chi connectivity index (χ1v) is 10.1. The number of ether oxygens (including phenoxy) is 1. The molecule has 0 heterocycles. The lowest BCUT2D eigenvalue weighted by molar-refractivity contribution is -0.124. The zero-order valence-corrected chi connectivity index (χ0v) is 17.7. The van der Waals surface area contributed by atoms with E-state index in [4.69, 9.17) is 4.74 Å². The number of benzene rings is 2. The Morgan fingerprint density at radius 3 is 2.59 bits per heavy atom. The number of anilines is 1. The molecule has 0 aliphatic rings. The molecule has 2 aromatic carbocycles. The smallest absolute Gasteiger partial charge is 0.240 e. The molecule has 2 rings (SSSR count). The van der Waals surface area contributed by atoms with Crippen LogP contribution in [0.2, 0.25) is 0 Å². The van der Waals surface area contributed by atoms with E-state index in [-0.39, 0.29) is 30.5 Å². The normalized spacial score (nSPS) is 10.7. The van der Waals surface area contributed by atoms with Crippen LogP contribution in [-0.4, -0.2) is 24.6 Å². The van der Waals surface area contributed by atoms with Crippen LogP contribution in [0.25, 0.3) is 0 Å². The Hall–Kier alpha value is -2.74. The molecule has 0 aliphatic heterocycles. The van der Waals surface area contributed by atoms with Crippen molar-refractivity contribution >= 4 is 39.6 Å². The van der Waals surface area contributed by atoms with Gasteiger partial charge in [0.15, 0.2) is 0 Å². The van der Waals surface area contributed by atoms with Crippen molar-refractivity contribution in [3.05, 3.63) is 58.3 Å². The number of hydrazone groups is 1. The minimum Gasteiger partial charge on any atom is -0.493 e. The van der Waals surface area contributed by atoms with Crippen LogP contribution < -0.4 is 15.5 Å². The summed E-state index contributed by atoms with van der Waals surface area (Å²) in [6.45, 7) is 2.69. The minimum absolute atomic E-state index is 0.0129. The molecule has 0 atom stereocenters. The highest BCUT2D eigenvalue weighted by Gasteiger charge is 2.07. The molecular weight excluding hydrogens is 441 g/mol. The van der Waals surface area contributed by atoms with Gasteiger partial charge in [0.1, 0.15) is 11.6 Å². The summed E-state index contributed by atoms with van der Waals surface area (Å²) in [7, 11) is 0. The van der Waals surface area contributed by atoms with Crippen LogP contribution in [0.15, 0.2) is 52.0 Å². The van der Waals surface area contributed by atoms with E-state index >= 15 is 0 Å². The predicted molar refractivity (Wildman–Crippen MR) is 115 cm³/mol. The number of carbonyl (C=O) groups is 2. The summed E-state index contributed by atoms with van der Waals surface area (Å²) in [5.41, 5.74) is 3.60. The molecule has 6 nitrogen and oxygen atoms in total. The van der Waals surface area contributed by atoms with Crippen LogP contribution in [0.5, 0.6) is 5.75 Å². The third-order valence-electron chi connectivity index (χ3n) is 3.83. The van der Waals surface area contributed by atoms with Crippen molar-refractivity contribution in [2.24, 2.45) is 5.10 Å². The topological polar surface area (TPSA) is 79.8 Å². The summed E-state index contributed by atoms with van der Waals surface area (Å²) in [5, 5.41) is 6.54. The van der Waals surface area contributed by atoms with Gasteiger partial charge in [-0.3, -0.25) is 9.59 Å². The average Bonchev–Trinajstić information content (AvgIpc) is 2.70. The fourth-order valence-electron chi connectivity index (χ4n) is 2.29. The second kappa shape index (κ2) is 12.0. The minimum atomic E-state index is -0.390. The predicted octanol–water partition coefficient (Wildman–Crippen LogP) is 4.64. The number of carbonyl (C=O) groups excluding carboxylic acids is 2. The second-order valence-corrected chi connectivity index (χ2v) is 7.15. The lowest BCUT2D eigenvalue weighted by atomic mass is 10.2. The maximum Gasteiger partial charge on any atom is 0.240 e. The number of amides is 2. The van der Waals surface area contributed by atoms with E-state index in [0.717, 1.165) is 22.9 Å². The van der Waals surface area contributed by atoms with Crippen molar-refractivity contribution in [3.63, 3.8) is 0 Å². The summed E-state index contributed by atoms with van der Waals surface area (Å²) in [5.74, 6) is -0.434. The van der Waals surface area contributed by atoms with Crippen LogP contribution in [0.3, 0.4) is 0 Å². The van der Waals surface area contributed by atoms with Gasteiger partial charge in [-0.05, 0) is 48.9 Å². The monoisotopic (exact) mass is 463 g/mol. The highest BCUT2D eigenvalue weighted by Crippen LogP contribution is 2.22. The molecular formula is C21H23BrFN3O3. The van der Waals surface area contributed by atoms with Gasteiger partial charge in [0, 0.05) is 28.6 Å². The van der Waals surface area contributed by atoms with Gasteiger partial charge in [-0.2, -0.15) is 5.10 Å². The molecule has 0 aliphatic carbocycles. The Morgan fingerprint density at radius 2 is 1.86 bits per heavy atom. The molecule has 29 heavy (non-hydrogen) atoms. The average molecular weight is 464 g/mol. The summed E-state index contributed by atoms with van der Waals surface area (Å²) in [6.07, 6.45) is 3.44. The number of nitrogens with one attached hydrogen (secondary N) is 2. The van der Waals surface area contributed by atoms with Gasteiger partial charge in [-0.1, -0.05) is 29.3 Å². The molecule has 0 bridgehead atoms. The number of hydrogen-bond donors (Lipinski definition) is 2. The van der Waals surface area contributed by atoms with Crippen molar-refractivity contribution in [1.82, 2.24) is 5.43 Å². The van der Waals surface area contributed by atoms with E-state index in [2.05, 4.69) is 38.7 Å². The first-order valence-electron chi connectivity index (χ1n) is 9.27. The molecule has 8 heteroatoms. The summed E-state index contributed by atoms with van der Waals surface area (Å²) >= 11 is 3.40. The molecule has 0 radical (unpaired) electrons. The van der Waals surface area contributed by atoms with Gasteiger partial charge in [0.2, 0.25) is 11.8 Å². The van der Waals surface area contributed by atoms with Crippen molar-refractivity contribution < 1.29 is 18.7 Å². The Balaban J connectivity index is 1.80. The molecule has 0 spiro atoms. The maximum absolute atomic E-state index is 12.9. The molecule has 0 unspecified atom stereocenters. The zero-order chi connectivity index (χ0) is 21.1. The standard InChI is InChI=1S/C21H23BrFN3O3/c1-2-3-12-29-19-9-4-16(22)13-15(19)14-24-26-21(28)11-10-20(27)25-18-7-5-17(23)6-8-18/h4-9,13-14H,2-3,10-12H2,1H3,(H,25,27)(H,26,28). The van der Waals surface area contributed by atoms with Crippen molar-refractivity contribution in [2.75, 3.05) is 11.9 Å². The van der Waals surface area contributed by atoms with Gasteiger partial charge in [0.05, 0.1) is 12.8 Å². The van der Waals surface area contributed by atoms with E-state index in [1.54, 1.807) is 0 Å². The number of rotatable bonds is 10. The molecule has 0 fully saturated rings. The lowest BCUT2D eigenvalue weighted by Gasteiger charge is -2.09. The van der Waals surface area contributed by atoms with E-state index in [1.807, 2.05) is 18.2 Å². The fourth-order valence-corrected chi connectivity index (χ4v) is 2.67. The van der Waals surface area contributed by atoms with Crippen molar-refractivity contribution in [2.45, 2.75) is 32.6 Å². The van der Waals surface area contributed by atoms with Gasteiger partial charge in [-0.15, -0.1) is 0 Å². The van der Waals surface area contributed by atoms with Crippen LogP contribution >= 0.6 is 15.9 Å². The van der Waals surface area contributed by atoms with Crippen LogP contribution in [0.4, 0.5) is 10.1 Å². The Morgan fingerprint density at radius 1 is 1.14 bits per heavy atom. The molecule has 0 saturated heterocycles. The highest BCUT2D eigenvalue weighted by molar-refractivity contribution is 9.10. The van der Waals surface area contributed by atoms with Gasteiger partial charge in [0.25, 0.3) is 0 Å². The first kappa shape index (κ1) is 22.5. The van der Waals surface area contributed by atoms with Crippen molar-refractivity contribution in [3.8, 4) is 5.75 Å². The quantitative estimate of drug-likeness (QED) is 0.306. The van der Waals surface area contributed by atoms with Gasteiger partial charge in [-0.25, -0.2) is 9.82 Å². The SMILES string of the molecule is CCCCOc1ccc(Br)cc1C=NNC(=O)CCC(=O)Nc1ccc(F)cc1. The fraction of sp³-hybridized carbons (Fsp3) is 0.286. The molecule has 154 valence electrons. The largest absolute Gasteiger partial charge is 0.493 e. The third-order valence-corrected chi connectivity index (χ3v) is 4.32. The second-order valence-electron chi connectivity index (χ2n) is 6.23. The summed E-state index contributed by atoms with van der Waals surface area (Å²) in [6, 6.07) is 11.0. The molecule has 0 aromatic heterocycles. The Kier molecular flexibility index (Phi) is 9.30. The van der Waals surface area contributed by atoms with Crippen LogP contribution in [0, 0.1) is 5.82 Å². The van der Waals surface area contributed by atoms with Crippen LogP contribution in [-0.2, 0) is 9.59 Å². The van der Waals surface area contributed by atoms with Gasteiger partial charge >= 0.3 is 0 Å². The molecule has 2 N–H and O–H groups in total. The highest BCUT2D eigenvalue weighted by atomic mass is 79.9. The number of unbranched alkanes of at least 4 members (excludes halogenated alkanes) is 1. The number of halogens is 2. The van der Waals surface area contributed by atoms with Crippen LogP contribution in [0.1, 0.15) is 38.2 Å². The molecule has 2 aromatic rings. The number of nitrogens with zero attached hydrogens (tertiary/aromatic N) is 1. The van der Waals surface area contributed by atoms with E-state index < -0.39 is 0 Å². The third kappa shape index (κ3) is 8.43. The first-order chi connectivity index (χ1) is 14.0. The number of hydrogen-bond acceptors (Lipinski definition) is 4. The van der Waals surface area contributed by atoms with E-state index in [9.17, 15) is 14.0 Å². The zero-order valence-electron chi connectivity index (χ0n) is 16.1. The van der Waals surface area contributed by atoms with E-state index in [0.29, 0.717) is 18.0 Å². The molecule has 0 saturated carbocycles. The Bertz CT molecular complexity index is 857. The molecule has 2 amide bonds.